The van der Waals surface area contributed by atoms with Crippen LogP contribution in [0.4, 0.5) is 0 Å². The van der Waals surface area contributed by atoms with E-state index in [4.69, 9.17) is 9.47 Å². The Morgan fingerprint density at radius 2 is 2.10 bits per heavy atom. The van der Waals surface area contributed by atoms with E-state index in [0.717, 1.165) is 43.1 Å². The predicted octanol–water partition coefficient (Wildman–Crippen LogP) is 3.29. The van der Waals surface area contributed by atoms with Crippen LogP contribution >= 0.6 is 0 Å². The summed E-state index contributed by atoms with van der Waals surface area (Å²) < 4.78 is 11.2. The van der Waals surface area contributed by atoms with Crippen molar-refractivity contribution in [3.05, 3.63) is 36.4 Å². The van der Waals surface area contributed by atoms with Gasteiger partial charge in [0.2, 0.25) is 0 Å². The number of nitrogens with zero attached hydrogens (tertiary/aromatic N) is 1. The van der Waals surface area contributed by atoms with Gasteiger partial charge in [-0.25, -0.2) is 0 Å². The molecule has 0 aliphatic carbocycles. The van der Waals surface area contributed by atoms with Crippen LogP contribution in [0.5, 0.6) is 11.5 Å². The van der Waals surface area contributed by atoms with Crippen LogP contribution in [0.1, 0.15) is 24.8 Å². The van der Waals surface area contributed by atoms with Crippen LogP contribution in [0.3, 0.4) is 0 Å². The first kappa shape index (κ1) is 14.9. The number of allylic oxidation sites excluding steroid dienone is 1. The number of likely N-dealkylation sites (tertiary alicyclic amines) is 1. The maximum atomic E-state index is 5.92. The molecular weight excluding hydrogens is 250 g/mol. The second kappa shape index (κ2) is 7.95. The highest BCUT2D eigenvalue weighted by Gasteiger charge is 2.10. The van der Waals surface area contributed by atoms with E-state index >= 15 is 0 Å². The van der Waals surface area contributed by atoms with E-state index in [2.05, 4.69) is 11.5 Å². The molecule has 0 bridgehead atoms. The summed E-state index contributed by atoms with van der Waals surface area (Å²) in [5.74, 6) is 1.82. The lowest BCUT2D eigenvalue weighted by atomic mass is 10.1. The number of methoxy groups -OCH3 is 1. The quantitative estimate of drug-likeness (QED) is 0.537. The summed E-state index contributed by atoms with van der Waals surface area (Å²) in [4.78, 5) is 2.52. The molecule has 0 aromatic heterocycles. The van der Waals surface area contributed by atoms with E-state index in [1.54, 1.807) is 7.11 Å². The Labute approximate surface area is 122 Å². The first-order chi connectivity index (χ1) is 9.83. The van der Waals surface area contributed by atoms with Gasteiger partial charge < -0.3 is 14.4 Å². The third kappa shape index (κ3) is 4.27. The van der Waals surface area contributed by atoms with Gasteiger partial charge in [0.1, 0.15) is 11.5 Å². The van der Waals surface area contributed by atoms with Crippen molar-refractivity contribution >= 4 is 0 Å². The number of rotatable bonds is 8. The van der Waals surface area contributed by atoms with Gasteiger partial charge in [-0.15, -0.1) is 6.58 Å². The molecule has 1 heterocycles. The molecule has 1 aromatic carbocycles. The van der Waals surface area contributed by atoms with Gasteiger partial charge in [-0.3, -0.25) is 0 Å². The van der Waals surface area contributed by atoms with Crippen LogP contribution in [0.2, 0.25) is 0 Å². The zero-order valence-electron chi connectivity index (χ0n) is 12.4. The molecule has 0 amide bonds. The van der Waals surface area contributed by atoms with Gasteiger partial charge in [-0.2, -0.15) is 0 Å². The first-order valence-electron chi connectivity index (χ1n) is 7.46. The summed E-state index contributed by atoms with van der Waals surface area (Å²) in [5, 5.41) is 0. The van der Waals surface area contributed by atoms with Crippen molar-refractivity contribution < 1.29 is 9.47 Å². The lowest BCUT2D eigenvalue weighted by molar-refractivity contribution is 0.262. The third-order valence-corrected chi connectivity index (χ3v) is 3.71. The zero-order chi connectivity index (χ0) is 14.2. The molecule has 1 aliphatic rings. The van der Waals surface area contributed by atoms with Crippen molar-refractivity contribution in [2.75, 3.05) is 33.4 Å². The van der Waals surface area contributed by atoms with Gasteiger partial charge in [0, 0.05) is 12.1 Å². The standard InChI is InChI=1S/C17H25NO2/c1-3-7-15-14-16(19-2)8-9-17(15)20-13-6-12-18-10-4-5-11-18/h3,8-9,14H,1,4-7,10-13H2,2H3. The Morgan fingerprint density at radius 1 is 1.30 bits per heavy atom. The number of hydrogen-bond donors (Lipinski definition) is 0. The van der Waals surface area contributed by atoms with Gasteiger partial charge in [0.15, 0.2) is 0 Å². The van der Waals surface area contributed by atoms with Crippen molar-refractivity contribution in [2.45, 2.75) is 25.7 Å². The molecule has 0 spiro atoms. The molecule has 0 atom stereocenters. The van der Waals surface area contributed by atoms with E-state index < -0.39 is 0 Å². The molecule has 2 rings (SSSR count). The topological polar surface area (TPSA) is 21.7 Å². The summed E-state index contributed by atoms with van der Waals surface area (Å²) >= 11 is 0. The van der Waals surface area contributed by atoms with Crippen LogP contribution in [0, 0.1) is 0 Å². The fourth-order valence-electron chi connectivity index (χ4n) is 2.62. The maximum absolute atomic E-state index is 5.92. The second-order valence-corrected chi connectivity index (χ2v) is 5.22. The molecular formula is C17H25NO2. The van der Waals surface area contributed by atoms with Crippen molar-refractivity contribution in [2.24, 2.45) is 0 Å². The molecule has 20 heavy (non-hydrogen) atoms. The van der Waals surface area contributed by atoms with E-state index in [1.807, 2.05) is 24.3 Å². The Bertz CT molecular complexity index is 425. The minimum atomic E-state index is 0.771. The van der Waals surface area contributed by atoms with Crippen LogP contribution in [-0.4, -0.2) is 38.3 Å². The highest BCUT2D eigenvalue weighted by atomic mass is 16.5. The molecule has 1 aliphatic heterocycles. The summed E-state index contributed by atoms with van der Waals surface area (Å²) in [6.07, 6.45) is 6.48. The van der Waals surface area contributed by atoms with E-state index in [-0.39, 0.29) is 0 Å². The Kier molecular flexibility index (Phi) is 5.93. The SMILES string of the molecule is C=CCc1cc(OC)ccc1OCCCN1CCCC1. The molecule has 3 nitrogen and oxygen atoms in total. The van der Waals surface area contributed by atoms with Gasteiger partial charge >= 0.3 is 0 Å². The normalized spacial score (nSPS) is 15.2. The Morgan fingerprint density at radius 3 is 2.80 bits per heavy atom. The first-order valence-corrected chi connectivity index (χ1v) is 7.46. The minimum Gasteiger partial charge on any atom is -0.497 e. The summed E-state index contributed by atoms with van der Waals surface area (Å²) in [6.45, 7) is 8.22. The number of ether oxygens (including phenoxy) is 2. The van der Waals surface area contributed by atoms with Gasteiger partial charge in [-0.1, -0.05) is 6.08 Å². The average Bonchev–Trinajstić information content (AvgIpc) is 2.98. The molecule has 3 heteroatoms. The third-order valence-electron chi connectivity index (χ3n) is 3.71. The molecule has 0 N–H and O–H groups in total. The summed E-state index contributed by atoms with van der Waals surface area (Å²) in [6, 6.07) is 5.97. The van der Waals surface area contributed by atoms with Crippen LogP contribution in [0.15, 0.2) is 30.9 Å². The molecule has 0 radical (unpaired) electrons. The number of benzene rings is 1. The largest absolute Gasteiger partial charge is 0.497 e. The van der Waals surface area contributed by atoms with E-state index in [1.165, 1.54) is 25.9 Å². The molecule has 1 saturated heterocycles. The highest BCUT2D eigenvalue weighted by Crippen LogP contribution is 2.25. The zero-order valence-corrected chi connectivity index (χ0v) is 12.4. The predicted molar refractivity (Wildman–Crippen MR) is 82.7 cm³/mol. The Balaban J connectivity index is 1.82. The van der Waals surface area contributed by atoms with Gasteiger partial charge in [0.05, 0.1) is 13.7 Å². The molecule has 110 valence electrons. The second-order valence-electron chi connectivity index (χ2n) is 5.22. The average molecular weight is 275 g/mol. The fraction of sp³-hybridized carbons (Fsp3) is 0.529. The highest BCUT2D eigenvalue weighted by molar-refractivity contribution is 5.41. The lowest BCUT2D eigenvalue weighted by Gasteiger charge is -2.15. The van der Waals surface area contributed by atoms with E-state index in [9.17, 15) is 0 Å². The fourth-order valence-corrected chi connectivity index (χ4v) is 2.62. The maximum Gasteiger partial charge on any atom is 0.123 e. The summed E-state index contributed by atoms with van der Waals surface area (Å²) in [7, 11) is 1.68. The van der Waals surface area contributed by atoms with Crippen LogP contribution < -0.4 is 9.47 Å². The van der Waals surface area contributed by atoms with Crippen molar-refractivity contribution in [1.82, 2.24) is 4.90 Å². The van der Waals surface area contributed by atoms with Crippen molar-refractivity contribution in [3.8, 4) is 11.5 Å². The Hall–Kier alpha value is -1.48. The van der Waals surface area contributed by atoms with Gasteiger partial charge in [-0.05, 0) is 57.0 Å². The van der Waals surface area contributed by atoms with E-state index in [0.29, 0.717) is 0 Å². The monoisotopic (exact) mass is 275 g/mol. The number of hydrogen-bond acceptors (Lipinski definition) is 3. The summed E-state index contributed by atoms with van der Waals surface area (Å²) in [5.41, 5.74) is 1.14. The molecule has 0 saturated carbocycles. The molecule has 0 unspecified atom stereocenters. The molecule has 1 aromatic rings. The smallest absolute Gasteiger partial charge is 0.123 e. The lowest BCUT2D eigenvalue weighted by Crippen LogP contribution is -2.22. The van der Waals surface area contributed by atoms with Crippen molar-refractivity contribution in [3.63, 3.8) is 0 Å². The van der Waals surface area contributed by atoms with Crippen LogP contribution in [0.25, 0.3) is 0 Å². The van der Waals surface area contributed by atoms with Gasteiger partial charge in [0.25, 0.3) is 0 Å². The molecule has 1 fully saturated rings. The van der Waals surface area contributed by atoms with Crippen molar-refractivity contribution in [1.29, 1.82) is 0 Å². The minimum absolute atomic E-state index is 0.771. The van der Waals surface area contributed by atoms with Crippen LogP contribution in [-0.2, 0) is 6.42 Å².